The molecular formula is C19H33N5O4S. The Kier molecular flexibility index (Phi) is 11.6. The number of benzene rings is 1. The molecule has 0 bridgehead atoms. The Bertz CT molecular complexity index is 781. The molecule has 0 aromatic heterocycles. The molecule has 1 aromatic carbocycles. The van der Waals surface area contributed by atoms with E-state index in [0.29, 0.717) is 30.4 Å². The summed E-state index contributed by atoms with van der Waals surface area (Å²) in [6, 6.07) is 3.61. The average molecular weight is 428 g/mol. The Balaban J connectivity index is 3.23. The van der Waals surface area contributed by atoms with E-state index in [1.165, 1.54) is 0 Å². The molecule has 0 saturated carbocycles. The number of hydrogen-bond acceptors (Lipinski definition) is 6. The van der Waals surface area contributed by atoms with Gasteiger partial charge in [0.15, 0.2) is 5.84 Å². The minimum atomic E-state index is -4.07. The van der Waals surface area contributed by atoms with E-state index >= 15 is 0 Å². The van der Waals surface area contributed by atoms with Gasteiger partial charge in [0.1, 0.15) is 0 Å². The van der Waals surface area contributed by atoms with Gasteiger partial charge in [0, 0.05) is 18.8 Å². The highest BCUT2D eigenvalue weighted by Gasteiger charge is 2.24. The largest absolute Gasteiger partial charge is 0.396 e. The molecule has 0 unspecified atom stereocenters. The second-order valence-corrected chi connectivity index (χ2v) is 8.49. The number of nitrogens with one attached hydrogen (secondary N) is 1. The summed E-state index contributed by atoms with van der Waals surface area (Å²) in [6.07, 6.45) is 7.56. The topological polar surface area (TPSA) is 175 Å². The van der Waals surface area contributed by atoms with Crippen molar-refractivity contribution in [3.8, 4) is 0 Å². The Hall–Kier alpha value is -1.88. The van der Waals surface area contributed by atoms with Crippen LogP contribution in [0.2, 0.25) is 0 Å². The van der Waals surface area contributed by atoms with Gasteiger partial charge in [0.2, 0.25) is 10.0 Å². The SMILES string of the molecule is N=NN=C(N)c1c(CCCCCCO)ccc(CCCCCCO)c1S(N)(=O)=O. The Morgan fingerprint density at radius 2 is 1.38 bits per heavy atom. The molecule has 0 aliphatic carbocycles. The van der Waals surface area contributed by atoms with Crippen molar-refractivity contribution >= 4 is 15.9 Å². The molecule has 0 atom stereocenters. The molecule has 0 saturated heterocycles. The van der Waals surface area contributed by atoms with E-state index in [9.17, 15) is 8.42 Å². The van der Waals surface area contributed by atoms with Crippen molar-refractivity contribution in [3.63, 3.8) is 0 Å². The van der Waals surface area contributed by atoms with Crippen LogP contribution in [0.5, 0.6) is 0 Å². The molecule has 9 nitrogen and oxygen atoms in total. The number of amidine groups is 1. The molecule has 0 fully saturated rings. The van der Waals surface area contributed by atoms with Gasteiger partial charge in [-0.1, -0.05) is 43.0 Å². The Labute approximate surface area is 172 Å². The fourth-order valence-electron chi connectivity index (χ4n) is 3.34. The number of nitrogens with two attached hydrogens (primary N) is 2. The number of nitrogens with zero attached hydrogens (tertiary/aromatic N) is 2. The second kappa shape index (κ2) is 13.4. The highest BCUT2D eigenvalue weighted by Crippen LogP contribution is 2.27. The summed E-state index contributed by atoms with van der Waals surface area (Å²) in [5.74, 6) is -0.142. The van der Waals surface area contributed by atoms with Crippen molar-refractivity contribution in [2.75, 3.05) is 13.2 Å². The monoisotopic (exact) mass is 427 g/mol. The van der Waals surface area contributed by atoms with E-state index in [1.807, 2.05) is 6.07 Å². The fourth-order valence-corrected chi connectivity index (χ4v) is 4.40. The zero-order valence-electron chi connectivity index (χ0n) is 16.8. The van der Waals surface area contributed by atoms with Crippen LogP contribution in [0.4, 0.5) is 0 Å². The van der Waals surface area contributed by atoms with Gasteiger partial charge in [-0.25, -0.2) is 13.6 Å². The van der Waals surface area contributed by atoms with Gasteiger partial charge in [-0.05, 0) is 49.7 Å². The number of hydrogen-bond donors (Lipinski definition) is 5. The summed E-state index contributed by atoms with van der Waals surface area (Å²) in [5.41, 5.74) is 14.4. The standard InChI is InChI=1S/C19H33N5O4S/c20-19(23-24-21)17-15(9-5-1-3-7-13-25)11-12-16(18(17)29(22,27)28)10-6-2-4-8-14-26/h11-12,25-26H,1-10,13-14H2,(H3,20,21,23)(H2,22,27,28). The number of rotatable bonds is 15. The summed E-state index contributed by atoms with van der Waals surface area (Å²) in [7, 11) is -4.07. The van der Waals surface area contributed by atoms with E-state index in [-0.39, 0.29) is 29.5 Å². The maximum atomic E-state index is 12.4. The smallest absolute Gasteiger partial charge is 0.239 e. The molecule has 7 N–H and O–H groups in total. The summed E-state index contributed by atoms with van der Waals surface area (Å²) in [4.78, 5) is -0.0441. The maximum absolute atomic E-state index is 12.4. The van der Waals surface area contributed by atoms with Crippen LogP contribution < -0.4 is 10.9 Å². The van der Waals surface area contributed by atoms with Crippen LogP contribution in [0.3, 0.4) is 0 Å². The molecule has 164 valence electrons. The lowest BCUT2D eigenvalue weighted by Gasteiger charge is -2.17. The van der Waals surface area contributed by atoms with Crippen molar-refractivity contribution in [3.05, 3.63) is 28.8 Å². The van der Waals surface area contributed by atoms with Crippen molar-refractivity contribution in [1.29, 1.82) is 5.53 Å². The predicted molar refractivity (Wildman–Crippen MR) is 112 cm³/mol. The summed E-state index contributed by atoms with van der Waals surface area (Å²) in [6.45, 7) is 0.293. The van der Waals surface area contributed by atoms with E-state index in [4.69, 9.17) is 26.6 Å². The van der Waals surface area contributed by atoms with Gasteiger partial charge in [0.25, 0.3) is 0 Å². The first-order chi connectivity index (χ1) is 13.9. The number of unbranched alkanes of at least 4 members (excludes halogenated alkanes) is 6. The molecule has 29 heavy (non-hydrogen) atoms. The van der Waals surface area contributed by atoms with Crippen LogP contribution in [0.25, 0.3) is 0 Å². The van der Waals surface area contributed by atoms with E-state index in [0.717, 1.165) is 44.9 Å². The number of aliphatic hydroxyl groups is 2. The van der Waals surface area contributed by atoms with Crippen molar-refractivity contribution < 1.29 is 18.6 Å². The van der Waals surface area contributed by atoms with E-state index in [2.05, 4.69) is 10.3 Å². The minimum absolute atomic E-state index is 0.0441. The number of aryl methyl sites for hydroxylation is 2. The van der Waals surface area contributed by atoms with Gasteiger partial charge in [-0.15, -0.1) is 5.10 Å². The number of sulfonamides is 1. The first-order valence-electron chi connectivity index (χ1n) is 9.96. The highest BCUT2D eigenvalue weighted by atomic mass is 32.2. The zero-order chi connectivity index (χ0) is 21.7. The number of aliphatic hydroxyl groups excluding tert-OH is 2. The molecule has 0 radical (unpaired) electrons. The van der Waals surface area contributed by atoms with Gasteiger partial charge in [-0.2, -0.15) is 5.53 Å². The molecule has 0 aliphatic heterocycles. The van der Waals surface area contributed by atoms with Crippen LogP contribution in [0.15, 0.2) is 27.4 Å². The molecule has 0 amide bonds. The van der Waals surface area contributed by atoms with Crippen molar-refractivity contribution in [2.24, 2.45) is 21.2 Å². The first-order valence-corrected chi connectivity index (χ1v) is 11.5. The third-order valence-corrected chi connectivity index (χ3v) is 5.77. The second-order valence-electron chi connectivity index (χ2n) is 6.99. The molecule has 0 heterocycles. The Morgan fingerprint density at radius 1 is 0.897 bits per heavy atom. The lowest BCUT2D eigenvalue weighted by Crippen LogP contribution is -2.25. The van der Waals surface area contributed by atoms with E-state index < -0.39 is 10.0 Å². The molecule has 0 spiro atoms. The van der Waals surface area contributed by atoms with Crippen LogP contribution >= 0.6 is 0 Å². The molecule has 1 rings (SSSR count). The van der Waals surface area contributed by atoms with Gasteiger partial charge < -0.3 is 15.9 Å². The summed E-state index contributed by atoms with van der Waals surface area (Å²) < 4.78 is 24.8. The highest BCUT2D eigenvalue weighted by molar-refractivity contribution is 7.89. The fraction of sp³-hybridized carbons (Fsp3) is 0.632. The molecule has 0 aliphatic rings. The maximum Gasteiger partial charge on any atom is 0.239 e. The van der Waals surface area contributed by atoms with Crippen LogP contribution in [-0.2, 0) is 22.9 Å². The quantitative estimate of drug-likeness (QED) is 0.0945. The van der Waals surface area contributed by atoms with Crippen LogP contribution in [0.1, 0.15) is 68.1 Å². The van der Waals surface area contributed by atoms with Crippen LogP contribution in [0, 0.1) is 5.53 Å². The lowest BCUT2D eigenvalue weighted by molar-refractivity contribution is 0.282. The van der Waals surface area contributed by atoms with Crippen molar-refractivity contribution in [2.45, 2.75) is 69.1 Å². The number of primary sulfonamides is 1. The van der Waals surface area contributed by atoms with Crippen molar-refractivity contribution in [1.82, 2.24) is 0 Å². The summed E-state index contributed by atoms with van der Waals surface area (Å²) in [5, 5.41) is 29.8. The van der Waals surface area contributed by atoms with Crippen LogP contribution in [-0.4, -0.2) is 37.7 Å². The minimum Gasteiger partial charge on any atom is -0.396 e. The average Bonchev–Trinajstić information content (AvgIpc) is 2.67. The lowest BCUT2D eigenvalue weighted by atomic mass is 9.95. The predicted octanol–water partition coefficient (Wildman–Crippen LogP) is 2.18. The first kappa shape index (κ1) is 25.2. The molecule has 1 aromatic rings. The third-order valence-electron chi connectivity index (χ3n) is 4.73. The van der Waals surface area contributed by atoms with Gasteiger partial charge in [-0.3, -0.25) is 0 Å². The summed E-state index contributed by atoms with van der Waals surface area (Å²) >= 11 is 0. The van der Waals surface area contributed by atoms with E-state index in [1.54, 1.807) is 6.07 Å². The normalized spacial score (nSPS) is 12.3. The molecule has 10 heteroatoms. The molecular weight excluding hydrogens is 394 g/mol. The third kappa shape index (κ3) is 8.57. The zero-order valence-corrected chi connectivity index (χ0v) is 17.6. The van der Waals surface area contributed by atoms with Gasteiger partial charge in [0.05, 0.1) is 4.90 Å². The Morgan fingerprint density at radius 3 is 1.86 bits per heavy atom. The van der Waals surface area contributed by atoms with Gasteiger partial charge >= 0.3 is 0 Å².